The summed E-state index contributed by atoms with van der Waals surface area (Å²) in [5, 5.41) is 5.92. The number of hydrogen-bond acceptors (Lipinski definition) is 2. The van der Waals surface area contributed by atoms with E-state index in [1.165, 1.54) is 0 Å². The van der Waals surface area contributed by atoms with Gasteiger partial charge in [0.2, 0.25) is 5.91 Å². The fourth-order valence-corrected chi connectivity index (χ4v) is 2.42. The number of carbonyl (C=O) groups is 2. The molecule has 0 bridgehead atoms. The highest BCUT2D eigenvalue weighted by Gasteiger charge is 2.26. The van der Waals surface area contributed by atoms with Gasteiger partial charge in [0.25, 0.3) is 0 Å². The molecule has 1 fully saturated rings. The molecule has 0 aliphatic carbocycles. The lowest BCUT2D eigenvalue weighted by Gasteiger charge is -2.34. The van der Waals surface area contributed by atoms with E-state index in [1.807, 2.05) is 4.90 Å². The number of amides is 3. The predicted molar refractivity (Wildman–Crippen MR) is 89.7 cm³/mol. The van der Waals surface area contributed by atoms with Crippen molar-refractivity contribution in [2.24, 2.45) is 10.8 Å². The zero-order chi connectivity index (χ0) is 17.0. The van der Waals surface area contributed by atoms with E-state index in [4.69, 9.17) is 0 Å². The van der Waals surface area contributed by atoms with Gasteiger partial charge in [0.1, 0.15) is 0 Å². The van der Waals surface area contributed by atoms with Crippen LogP contribution >= 0.6 is 0 Å². The minimum absolute atomic E-state index is 0.0268. The number of hydrogen-bond donors (Lipinski definition) is 2. The lowest BCUT2D eigenvalue weighted by Crippen LogP contribution is -2.50. The van der Waals surface area contributed by atoms with Crippen LogP contribution in [0.1, 0.15) is 60.8 Å². The largest absolute Gasteiger partial charge is 0.343 e. The van der Waals surface area contributed by atoms with E-state index in [0.29, 0.717) is 13.0 Å². The molecule has 2 N–H and O–H groups in total. The Morgan fingerprint density at radius 3 is 2.00 bits per heavy atom. The maximum atomic E-state index is 12.2. The molecular weight excluding hydrogens is 278 g/mol. The second kappa shape index (κ2) is 7.34. The molecule has 128 valence electrons. The van der Waals surface area contributed by atoms with E-state index in [0.717, 1.165) is 25.9 Å². The first kappa shape index (κ1) is 18.8. The number of rotatable bonds is 3. The Balaban J connectivity index is 2.30. The smallest absolute Gasteiger partial charge is 0.315 e. The zero-order valence-corrected chi connectivity index (χ0v) is 15.1. The van der Waals surface area contributed by atoms with Crippen LogP contribution in [-0.2, 0) is 4.79 Å². The standard InChI is InChI=1S/C17H33N3O2/c1-16(2,3)11-14(21)20-9-7-13(8-10-20)19-15(22)18-12-17(4,5)6/h13H,7-12H2,1-6H3,(H2,18,19,22). The summed E-state index contributed by atoms with van der Waals surface area (Å²) in [6.07, 6.45) is 2.24. The van der Waals surface area contributed by atoms with Crippen LogP contribution in [0.2, 0.25) is 0 Å². The monoisotopic (exact) mass is 311 g/mol. The molecule has 1 rings (SSSR count). The van der Waals surface area contributed by atoms with Crippen molar-refractivity contribution in [1.29, 1.82) is 0 Å². The molecule has 0 aromatic carbocycles. The Morgan fingerprint density at radius 2 is 1.55 bits per heavy atom. The third kappa shape index (κ3) is 7.66. The average molecular weight is 311 g/mol. The van der Waals surface area contributed by atoms with Crippen LogP contribution in [0.5, 0.6) is 0 Å². The van der Waals surface area contributed by atoms with Crippen LogP contribution in [0.15, 0.2) is 0 Å². The molecule has 0 saturated carbocycles. The third-order valence-electron chi connectivity index (χ3n) is 3.64. The number of nitrogens with zero attached hydrogens (tertiary/aromatic N) is 1. The average Bonchev–Trinajstić information content (AvgIpc) is 2.34. The summed E-state index contributed by atoms with van der Waals surface area (Å²) in [5.74, 6) is 0.225. The van der Waals surface area contributed by atoms with Crippen molar-refractivity contribution in [2.75, 3.05) is 19.6 Å². The fraction of sp³-hybridized carbons (Fsp3) is 0.882. The number of urea groups is 1. The molecule has 22 heavy (non-hydrogen) atoms. The second-order valence-electron chi connectivity index (χ2n) is 8.78. The summed E-state index contributed by atoms with van der Waals surface area (Å²) in [6.45, 7) is 14.6. The van der Waals surface area contributed by atoms with Crippen molar-refractivity contribution in [3.8, 4) is 0 Å². The topological polar surface area (TPSA) is 61.4 Å². The molecule has 0 unspecified atom stereocenters. The van der Waals surface area contributed by atoms with Crippen molar-refractivity contribution in [2.45, 2.75) is 66.8 Å². The molecule has 5 heteroatoms. The minimum Gasteiger partial charge on any atom is -0.343 e. The normalized spacial score (nSPS) is 17.3. The Bertz CT molecular complexity index is 386. The quantitative estimate of drug-likeness (QED) is 0.842. The van der Waals surface area contributed by atoms with E-state index >= 15 is 0 Å². The highest BCUT2D eigenvalue weighted by atomic mass is 16.2. The van der Waals surface area contributed by atoms with Crippen LogP contribution in [0.3, 0.4) is 0 Å². The molecule has 5 nitrogen and oxygen atoms in total. The molecule has 1 aliphatic heterocycles. The van der Waals surface area contributed by atoms with Crippen LogP contribution in [0.25, 0.3) is 0 Å². The van der Waals surface area contributed by atoms with E-state index < -0.39 is 0 Å². The van der Waals surface area contributed by atoms with Gasteiger partial charge in [-0.1, -0.05) is 41.5 Å². The molecule has 0 aromatic heterocycles. The molecule has 1 heterocycles. The Kier molecular flexibility index (Phi) is 6.27. The molecular formula is C17H33N3O2. The van der Waals surface area contributed by atoms with Crippen molar-refractivity contribution in [3.05, 3.63) is 0 Å². The Labute approximate surface area is 135 Å². The number of carbonyl (C=O) groups excluding carboxylic acids is 2. The van der Waals surface area contributed by atoms with Gasteiger partial charge in [0.05, 0.1) is 0 Å². The molecule has 1 saturated heterocycles. The number of nitrogens with one attached hydrogen (secondary N) is 2. The summed E-state index contributed by atoms with van der Waals surface area (Å²) in [6, 6.07) is 0.0630. The Hall–Kier alpha value is -1.26. The van der Waals surface area contributed by atoms with Crippen LogP contribution in [0, 0.1) is 10.8 Å². The van der Waals surface area contributed by atoms with Gasteiger partial charge in [-0.15, -0.1) is 0 Å². The molecule has 0 radical (unpaired) electrons. The highest BCUT2D eigenvalue weighted by molar-refractivity contribution is 5.77. The van der Waals surface area contributed by atoms with Crippen molar-refractivity contribution in [3.63, 3.8) is 0 Å². The highest BCUT2D eigenvalue weighted by Crippen LogP contribution is 2.21. The maximum absolute atomic E-state index is 12.2. The lowest BCUT2D eigenvalue weighted by atomic mass is 9.91. The lowest BCUT2D eigenvalue weighted by molar-refractivity contribution is -0.134. The summed E-state index contributed by atoms with van der Waals surface area (Å²) in [7, 11) is 0. The van der Waals surface area contributed by atoms with Crippen LogP contribution in [-0.4, -0.2) is 42.5 Å². The molecule has 0 atom stereocenters. The van der Waals surface area contributed by atoms with Crippen LogP contribution in [0.4, 0.5) is 4.79 Å². The van der Waals surface area contributed by atoms with E-state index in [2.05, 4.69) is 52.2 Å². The van der Waals surface area contributed by atoms with Gasteiger partial charge >= 0.3 is 6.03 Å². The predicted octanol–water partition coefficient (Wildman–Crippen LogP) is 2.76. The van der Waals surface area contributed by atoms with Crippen LogP contribution < -0.4 is 10.6 Å². The SMILES string of the molecule is CC(C)(C)CNC(=O)NC1CCN(C(=O)CC(C)(C)C)CC1. The minimum atomic E-state index is -0.102. The first-order valence-corrected chi connectivity index (χ1v) is 8.28. The summed E-state index contributed by atoms with van der Waals surface area (Å²) < 4.78 is 0. The Morgan fingerprint density at radius 1 is 1.00 bits per heavy atom. The third-order valence-corrected chi connectivity index (χ3v) is 3.64. The van der Waals surface area contributed by atoms with Crippen molar-refractivity contribution >= 4 is 11.9 Å². The van der Waals surface area contributed by atoms with Gasteiger partial charge in [-0.3, -0.25) is 4.79 Å². The van der Waals surface area contributed by atoms with Gasteiger partial charge in [-0.05, 0) is 23.7 Å². The first-order valence-electron chi connectivity index (χ1n) is 8.28. The summed E-state index contributed by atoms with van der Waals surface area (Å²) in [4.78, 5) is 26.0. The van der Waals surface area contributed by atoms with Gasteiger partial charge in [0, 0.05) is 32.1 Å². The summed E-state index contributed by atoms with van der Waals surface area (Å²) in [5.41, 5.74) is 0.110. The fourth-order valence-electron chi connectivity index (χ4n) is 2.42. The molecule has 1 aliphatic rings. The molecule has 0 spiro atoms. The van der Waals surface area contributed by atoms with Gasteiger partial charge in [0.15, 0.2) is 0 Å². The van der Waals surface area contributed by atoms with Gasteiger partial charge in [-0.25, -0.2) is 4.79 Å². The van der Waals surface area contributed by atoms with Gasteiger partial charge in [-0.2, -0.15) is 0 Å². The number of likely N-dealkylation sites (tertiary alicyclic amines) is 1. The van der Waals surface area contributed by atoms with E-state index in [1.54, 1.807) is 0 Å². The van der Waals surface area contributed by atoms with Crippen molar-refractivity contribution < 1.29 is 9.59 Å². The molecule has 0 aromatic rings. The van der Waals surface area contributed by atoms with E-state index in [-0.39, 0.29) is 28.8 Å². The van der Waals surface area contributed by atoms with E-state index in [9.17, 15) is 9.59 Å². The van der Waals surface area contributed by atoms with Crippen molar-refractivity contribution in [1.82, 2.24) is 15.5 Å². The maximum Gasteiger partial charge on any atom is 0.315 e. The zero-order valence-electron chi connectivity index (χ0n) is 15.1. The summed E-state index contributed by atoms with van der Waals surface area (Å²) >= 11 is 0. The second-order valence-corrected chi connectivity index (χ2v) is 8.78. The number of piperidine rings is 1. The first-order chi connectivity index (χ1) is 9.96. The molecule has 3 amide bonds. The van der Waals surface area contributed by atoms with Gasteiger partial charge < -0.3 is 15.5 Å².